The van der Waals surface area contributed by atoms with E-state index in [1.165, 1.54) is 12.8 Å². The van der Waals surface area contributed by atoms with Crippen LogP contribution in [-0.4, -0.2) is 29.4 Å². The molecule has 1 fully saturated rings. The van der Waals surface area contributed by atoms with Gasteiger partial charge >= 0.3 is 0 Å². The number of hydrogen-bond acceptors (Lipinski definition) is 7. The van der Waals surface area contributed by atoms with Crippen molar-refractivity contribution in [3.63, 3.8) is 0 Å². The molecule has 0 saturated heterocycles. The SMILES string of the molecule is C=C(C)N[C@@H](C)COc1cc(-c2nc3ccc(OCC4CC4)cc3s2)on1. The smallest absolute Gasteiger partial charge is 0.254 e. The Morgan fingerprint density at radius 2 is 2.22 bits per heavy atom. The van der Waals surface area contributed by atoms with Gasteiger partial charge in [0.25, 0.3) is 5.88 Å². The third-order valence-electron chi connectivity index (χ3n) is 4.22. The Bertz CT molecular complexity index is 945. The average Bonchev–Trinajstić information content (AvgIpc) is 3.17. The summed E-state index contributed by atoms with van der Waals surface area (Å²) in [5, 5.41) is 7.95. The molecule has 4 rings (SSSR count). The first-order valence-electron chi connectivity index (χ1n) is 9.12. The number of hydrogen-bond donors (Lipinski definition) is 1. The molecule has 142 valence electrons. The van der Waals surface area contributed by atoms with Crippen LogP contribution in [0.15, 0.2) is 41.1 Å². The summed E-state index contributed by atoms with van der Waals surface area (Å²) in [5.74, 6) is 2.68. The molecule has 0 radical (unpaired) electrons. The zero-order chi connectivity index (χ0) is 18.8. The molecular weight excluding hydrogens is 362 g/mol. The van der Waals surface area contributed by atoms with E-state index in [-0.39, 0.29) is 6.04 Å². The number of aromatic nitrogens is 2. The second-order valence-corrected chi connectivity index (χ2v) is 8.10. The predicted molar refractivity (Wildman–Crippen MR) is 106 cm³/mol. The minimum absolute atomic E-state index is 0.138. The fourth-order valence-electron chi connectivity index (χ4n) is 2.70. The minimum Gasteiger partial charge on any atom is -0.493 e. The van der Waals surface area contributed by atoms with Crippen molar-refractivity contribution in [1.29, 1.82) is 0 Å². The van der Waals surface area contributed by atoms with Gasteiger partial charge in [-0.15, -0.1) is 11.3 Å². The van der Waals surface area contributed by atoms with Crippen molar-refractivity contribution in [3.8, 4) is 22.4 Å². The molecule has 0 amide bonds. The van der Waals surface area contributed by atoms with Crippen molar-refractivity contribution in [2.24, 2.45) is 5.92 Å². The maximum atomic E-state index is 5.85. The number of allylic oxidation sites excluding steroid dienone is 1. The summed E-state index contributed by atoms with van der Waals surface area (Å²) < 4.78 is 18.0. The van der Waals surface area contributed by atoms with E-state index in [0.717, 1.165) is 39.2 Å². The lowest BCUT2D eigenvalue weighted by Gasteiger charge is -2.14. The van der Waals surface area contributed by atoms with Gasteiger partial charge in [0.05, 0.1) is 28.9 Å². The zero-order valence-electron chi connectivity index (χ0n) is 15.5. The average molecular weight is 385 g/mol. The van der Waals surface area contributed by atoms with Crippen molar-refractivity contribution in [3.05, 3.63) is 36.5 Å². The summed E-state index contributed by atoms with van der Waals surface area (Å²) in [5.41, 5.74) is 1.83. The molecule has 7 heteroatoms. The molecule has 1 aliphatic carbocycles. The van der Waals surface area contributed by atoms with Crippen molar-refractivity contribution >= 4 is 21.6 Å². The first-order valence-corrected chi connectivity index (χ1v) is 9.94. The van der Waals surface area contributed by atoms with E-state index < -0.39 is 0 Å². The molecule has 1 atom stereocenters. The zero-order valence-corrected chi connectivity index (χ0v) is 16.3. The Balaban J connectivity index is 1.42. The highest BCUT2D eigenvalue weighted by atomic mass is 32.1. The van der Waals surface area contributed by atoms with Gasteiger partial charge in [-0.2, -0.15) is 0 Å². The summed E-state index contributed by atoms with van der Waals surface area (Å²) in [6.07, 6.45) is 2.57. The highest BCUT2D eigenvalue weighted by Crippen LogP contribution is 2.34. The molecule has 1 aliphatic rings. The second-order valence-electron chi connectivity index (χ2n) is 7.07. The van der Waals surface area contributed by atoms with E-state index in [4.69, 9.17) is 14.0 Å². The Labute approximate surface area is 162 Å². The van der Waals surface area contributed by atoms with Gasteiger partial charge in [0, 0.05) is 5.70 Å². The van der Waals surface area contributed by atoms with Crippen LogP contribution in [0.25, 0.3) is 21.0 Å². The van der Waals surface area contributed by atoms with E-state index in [2.05, 4.69) is 22.0 Å². The third kappa shape index (κ3) is 4.60. The number of nitrogens with zero attached hydrogens (tertiary/aromatic N) is 2. The summed E-state index contributed by atoms with van der Waals surface area (Å²) in [6, 6.07) is 7.90. The van der Waals surface area contributed by atoms with Crippen molar-refractivity contribution in [2.75, 3.05) is 13.2 Å². The van der Waals surface area contributed by atoms with Crippen molar-refractivity contribution in [1.82, 2.24) is 15.5 Å². The van der Waals surface area contributed by atoms with Gasteiger partial charge in [-0.05, 0) is 56.0 Å². The van der Waals surface area contributed by atoms with E-state index in [9.17, 15) is 0 Å². The molecule has 1 aromatic carbocycles. The van der Waals surface area contributed by atoms with Crippen LogP contribution in [0.5, 0.6) is 11.6 Å². The standard InChI is InChI=1S/C20H23N3O3S/c1-12(2)21-13(3)10-25-19-9-17(26-23-19)20-22-16-7-6-15(8-18(16)27-20)24-11-14-4-5-14/h6-9,13-14,21H,1,4-5,10-11H2,2-3H3/t13-/m0/s1. The lowest BCUT2D eigenvalue weighted by atomic mass is 10.3. The van der Waals surface area contributed by atoms with Gasteiger partial charge in [0.1, 0.15) is 12.4 Å². The highest BCUT2D eigenvalue weighted by Gasteiger charge is 2.22. The number of rotatable bonds is 9. The van der Waals surface area contributed by atoms with E-state index in [1.54, 1.807) is 17.4 Å². The minimum atomic E-state index is 0.138. The number of nitrogens with one attached hydrogen (secondary N) is 1. The first-order chi connectivity index (χ1) is 13.1. The van der Waals surface area contributed by atoms with Gasteiger partial charge in [-0.1, -0.05) is 6.58 Å². The summed E-state index contributed by atoms with van der Waals surface area (Å²) in [7, 11) is 0. The van der Waals surface area contributed by atoms with Crippen LogP contribution in [0.4, 0.5) is 0 Å². The molecule has 0 spiro atoms. The second kappa shape index (κ2) is 7.60. The van der Waals surface area contributed by atoms with Crippen LogP contribution in [0.1, 0.15) is 26.7 Å². The molecule has 1 saturated carbocycles. The van der Waals surface area contributed by atoms with Crippen LogP contribution in [0.2, 0.25) is 0 Å². The van der Waals surface area contributed by atoms with Crippen molar-refractivity contribution in [2.45, 2.75) is 32.7 Å². The lowest BCUT2D eigenvalue weighted by molar-refractivity contribution is 0.254. The fraction of sp³-hybridized carbons (Fsp3) is 0.400. The number of benzene rings is 1. The van der Waals surface area contributed by atoms with Gasteiger partial charge in [0.15, 0.2) is 10.8 Å². The Hall–Kier alpha value is -2.54. The van der Waals surface area contributed by atoms with Gasteiger partial charge in [-0.25, -0.2) is 4.98 Å². The van der Waals surface area contributed by atoms with E-state index in [0.29, 0.717) is 18.2 Å². The fourth-order valence-corrected chi connectivity index (χ4v) is 3.64. The molecule has 1 N–H and O–H groups in total. The molecule has 0 aliphatic heterocycles. The molecule has 3 aromatic rings. The predicted octanol–water partition coefficient (Wildman–Crippen LogP) is 4.63. The van der Waals surface area contributed by atoms with Gasteiger partial charge in [-0.3, -0.25) is 0 Å². The molecule has 0 bridgehead atoms. The Morgan fingerprint density at radius 3 is 3.00 bits per heavy atom. The molecule has 0 unspecified atom stereocenters. The molecule has 6 nitrogen and oxygen atoms in total. The lowest BCUT2D eigenvalue weighted by Crippen LogP contribution is -2.30. The van der Waals surface area contributed by atoms with E-state index in [1.807, 2.05) is 32.0 Å². The van der Waals surface area contributed by atoms with Crippen LogP contribution in [0, 0.1) is 5.92 Å². The Morgan fingerprint density at radius 1 is 1.37 bits per heavy atom. The van der Waals surface area contributed by atoms with Gasteiger partial charge in [0.2, 0.25) is 0 Å². The largest absolute Gasteiger partial charge is 0.493 e. The van der Waals surface area contributed by atoms with Gasteiger partial charge < -0.3 is 19.3 Å². The number of thiazole rings is 1. The Kier molecular flexibility index (Phi) is 5.03. The van der Waals surface area contributed by atoms with Crippen molar-refractivity contribution < 1.29 is 14.0 Å². The summed E-state index contributed by atoms with van der Waals surface area (Å²) >= 11 is 1.56. The maximum absolute atomic E-state index is 5.85. The molecule has 2 aromatic heterocycles. The third-order valence-corrected chi connectivity index (χ3v) is 5.25. The topological polar surface area (TPSA) is 69.4 Å². The highest BCUT2D eigenvalue weighted by molar-refractivity contribution is 7.21. The number of fused-ring (bicyclic) bond motifs is 1. The monoisotopic (exact) mass is 385 g/mol. The summed E-state index contributed by atoms with van der Waals surface area (Å²) in [6.45, 7) is 9.04. The molecular formula is C20H23N3O3S. The summed E-state index contributed by atoms with van der Waals surface area (Å²) in [4.78, 5) is 4.63. The van der Waals surface area contributed by atoms with Crippen LogP contribution >= 0.6 is 11.3 Å². The molecule has 27 heavy (non-hydrogen) atoms. The van der Waals surface area contributed by atoms with Crippen LogP contribution in [0.3, 0.4) is 0 Å². The maximum Gasteiger partial charge on any atom is 0.254 e. The quantitative estimate of drug-likeness (QED) is 0.579. The normalized spacial score (nSPS) is 14.9. The van der Waals surface area contributed by atoms with Crippen LogP contribution in [-0.2, 0) is 0 Å². The number of ether oxygens (including phenoxy) is 2. The molecule has 2 heterocycles. The van der Waals surface area contributed by atoms with E-state index >= 15 is 0 Å². The van der Waals surface area contributed by atoms with Crippen LogP contribution < -0.4 is 14.8 Å². The first kappa shape index (κ1) is 17.9.